The lowest BCUT2D eigenvalue weighted by Crippen LogP contribution is -2.41. The molecule has 2 aromatic rings. The molecule has 1 unspecified atom stereocenters. The van der Waals surface area contributed by atoms with Gasteiger partial charge in [-0.05, 0) is 63.4 Å². The van der Waals surface area contributed by atoms with Crippen molar-refractivity contribution >= 4 is 29.0 Å². The van der Waals surface area contributed by atoms with Gasteiger partial charge in [0.05, 0.1) is 7.11 Å². The zero-order chi connectivity index (χ0) is 21.0. The second-order valence-electron chi connectivity index (χ2n) is 7.52. The van der Waals surface area contributed by atoms with E-state index in [1.807, 2.05) is 20.2 Å². The maximum Gasteiger partial charge on any atom is 0.412 e. The van der Waals surface area contributed by atoms with Crippen molar-refractivity contribution in [2.75, 3.05) is 21.2 Å². The summed E-state index contributed by atoms with van der Waals surface area (Å²) in [6.07, 6.45) is 3.08. The van der Waals surface area contributed by atoms with E-state index in [1.165, 1.54) is 24.5 Å². The molecule has 0 bridgehead atoms. The first-order valence-corrected chi connectivity index (χ1v) is 10.9. The number of thiophene rings is 1. The van der Waals surface area contributed by atoms with Gasteiger partial charge in [-0.15, -0.1) is 11.3 Å². The molecule has 1 N–H and O–H groups in total. The normalized spacial score (nSPS) is 20.3. The van der Waals surface area contributed by atoms with Crippen LogP contribution >= 0.6 is 22.9 Å². The molecule has 1 fully saturated rings. The summed E-state index contributed by atoms with van der Waals surface area (Å²) in [6, 6.07) is 7.03. The molecule has 1 aromatic carbocycles. The molecular weight excluding hydrogens is 415 g/mol. The highest BCUT2D eigenvalue weighted by Gasteiger charge is 2.31. The van der Waals surface area contributed by atoms with Gasteiger partial charge in [-0.3, -0.25) is 0 Å². The number of hydrogen-bond donors (Lipinski definition) is 1. The summed E-state index contributed by atoms with van der Waals surface area (Å²) in [5.41, 5.74) is 0.993. The Labute approximate surface area is 179 Å². The van der Waals surface area contributed by atoms with Crippen molar-refractivity contribution in [3.63, 3.8) is 0 Å². The number of methoxy groups -OCH3 is 1. The summed E-state index contributed by atoms with van der Waals surface area (Å²) >= 11 is 7.26. The smallest absolute Gasteiger partial charge is 0.412 e. The van der Waals surface area contributed by atoms with Crippen LogP contribution in [0.4, 0.5) is 9.18 Å². The van der Waals surface area contributed by atoms with E-state index in [9.17, 15) is 9.18 Å². The van der Waals surface area contributed by atoms with Crippen LogP contribution in [0.5, 0.6) is 11.5 Å². The summed E-state index contributed by atoms with van der Waals surface area (Å²) in [5.74, 6) is 0.889. The zero-order valence-electron chi connectivity index (χ0n) is 16.8. The van der Waals surface area contributed by atoms with Crippen molar-refractivity contribution in [2.45, 2.75) is 37.8 Å². The largest absolute Gasteiger partial charge is 0.491 e. The molecule has 0 saturated heterocycles. The minimum absolute atomic E-state index is 0.0502. The van der Waals surface area contributed by atoms with Crippen molar-refractivity contribution in [1.29, 1.82) is 0 Å². The maximum absolute atomic E-state index is 13.7. The van der Waals surface area contributed by atoms with Crippen LogP contribution in [0.3, 0.4) is 0 Å². The third kappa shape index (κ3) is 5.41. The van der Waals surface area contributed by atoms with Crippen LogP contribution in [-0.4, -0.2) is 38.2 Å². The Morgan fingerprint density at radius 3 is 2.66 bits per heavy atom. The Balaban J connectivity index is 1.56. The summed E-state index contributed by atoms with van der Waals surface area (Å²) < 4.78 is 24.7. The van der Waals surface area contributed by atoms with Crippen molar-refractivity contribution in [2.24, 2.45) is 5.92 Å². The van der Waals surface area contributed by atoms with Crippen LogP contribution in [0.2, 0.25) is 4.34 Å². The number of nitrogens with zero attached hydrogens (tertiary/aromatic N) is 1. The minimum atomic E-state index is -0.504. The minimum Gasteiger partial charge on any atom is -0.491 e. The second-order valence-corrected chi connectivity index (χ2v) is 9.00. The van der Waals surface area contributed by atoms with E-state index in [-0.39, 0.29) is 17.9 Å². The van der Waals surface area contributed by atoms with E-state index in [0.717, 1.165) is 31.2 Å². The number of amides is 1. The van der Waals surface area contributed by atoms with Gasteiger partial charge in [-0.2, -0.15) is 0 Å². The van der Waals surface area contributed by atoms with Crippen LogP contribution in [-0.2, 0) is 0 Å². The van der Waals surface area contributed by atoms with Crippen LogP contribution in [0.25, 0.3) is 0 Å². The van der Waals surface area contributed by atoms with Crippen LogP contribution in [0.15, 0.2) is 29.6 Å². The van der Waals surface area contributed by atoms with Crippen molar-refractivity contribution in [1.82, 2.24) is 10.2 Å². The molecule has 1 amide bonds. The third-order valence-corrected chi connectivity index (χ3v) is 6.53. The van der Waals surface area contributed by atoms with Gasteiger partial charge < -0.3 is 19.7 Å². The van der Waals surface area contributed by atoms with Gasteiger partial charge in [0, 0.05) is 17.5 Å². The Morgan fingerprint density at radius 2 is 2.03 bits per heavy atom. The lowest BCUT2D eigenvalue weighted by Gasteiger charge is -2.37. The van der Waals surface area contributed by atoms with Crippen molar-refractivity contribution in [3.05, 3.63) is 45.4 Å². The molecule has 1 aromatic heterocycles. The monoisotopic (exact) mass is 440 g/mol. The summed E-state index contributed by atoms with van der Waals surface area (Å²) in [7, 11) is 5.53. The highest BCUT2D eigenvalue weighted by Crippen LogP contribution is 2.41. The molecule has 5 nitrogen and oxygen atoms in total. The fourth-order valence-electron chi connectivity index (χ4n) is 4.12. The molecule has 1 aliphatic carbocycles. The van der Waals surface area contributed by atoms with E-state index < -0.39 is 6.09 Å². The quantitative estimate of drug-likeness (QED) is 0.644. The van der Waals surface area contributed by atoms with Gasteiger partial charge in [0.15, 0.2) is 11.5 Å². The molecular formula is C21H26ClFN2O3S. The summed E-state index contributed by atoms with van der Waals surface area (Å²) in [5, 5.41) is 4.59. The Morgan fingerprint density at radius 1 is 1.31 bits per heavy atom. The van der Waals surface area contributed by atoms with Gasteiger partial charge in [0.25, 0.3) is 0 Å². The van der Waals surface area contributed by atoms with Gasteiger partial charge in [0.2, 0.25) is 0 Å². The number of carbonyl (C=O) groups excluding carboxylic acids is 1. The number of benzene rings is 1. The topological polar surface area (TPSA) is 50.8 Å². The van der Waals surface area contributed by atoms with Crippen LogP contribution in [0, 0.1) is 11.7 Å². The molecule has 0 spiro atoms. The fraction of sp³-hybridized carbons (Fsp3) is 0.476. The predicted octanol–water partition coefficient (Wildman–Crippen LogP) is 5.50. The van der Waals surface area contributed by atoms with Gasteiger partial charge in [0.1, 0.15) is 10.2 Å². The Bertz CT molecular complexity index is 837. The Kier molecular flexibility index (Phi) is 7.38. The number of halogens is 2. The summed E-state index contributed by atoms with van der Waals surface area (Å²) in [6.45, 7) is 0. The molecule has 1 saturated carbocycles. The Hall–Kier alpha value is -1.83. The van der Waals surface area contributed by atoms with E-state index >= 15 is 0 Å². The molecule has 1 aliphatic rings. The second kappa shape index (κ2) is 9.78. The van der Waals surface area contributed by atoms with Crippen LogP contribution < -0.4 is 14.8 Å². The predicted molar refractivity (Wildman–Crippen MR) is 114 cm³/mol. The number of ether oxygens (including phenoxy) is 2. The molecule has 158 valence electrons. The van der Waals surface area contributed by atoms with Crippen molar-refractivity contribution in [3.8, 4) is 11.5 Å². The first-order valence-electron chi connectivity index (χ1n) is 9.60. The molecule has 0 radical (unpaired) electrons. The lowest BCUT2D eigenvalue weighted by atomic mass is 9.78. The highest BCUT2D eigenvalue weighted by atomic mass is 35.5. The van der Waals surface area contributed by atoms with Gasteiger partial charge in [-0.25, -0.2) is 9.18 Å². The average molecular weight is 441 g/mol. The molecule has 3 rings (SSSR count). The maximum atomic E-state index is 13.7. The molecule has 0 aliphatic heterocycles. The van der Waals surface area contributed by atoms with E-state index in [0.29, 0.717) is 21.8 Å². The number of hydrogen-bond acceptors (Lipinski definition) is 5. The lowest BCUT2D eigenvalue weighted by molar-refractivity contribution is 0.150. The zero-order valence-corrected chi connectivity index (χ0v) is 18.4. The molecule has 8 heteroatoms. The van der Waals surface area contributed by atoms with Crippen LogP contribution in [0.1, 0.15) is 37.3 Å². The summed E-state index contributed by atoms with van der Waals surface area (Å²) in [4.78, 5) is 14.4. The molecule has 1 atom stereocenters. The van der Waals surface area contributed by atoms with E-state index in [4.69, 9.17) is 21.1 Å². The molecule has 29 heavy (non-hydrogen) atoms. The molecule has 1 heterocycles. The highest BCUT2D eigenvalue weighted by molar-refractivity contribution is 7.15. The SMILES string of the molecule is COc1c(OC(=O)NC2CCC(C(c3cccc(F)c3)N(C)C)CC2)csc1Cl. The first-order chi connectivity index (χ1) is 13.9. The van der Waals surface area contributed by atoms with Gasteiger partial charge >= 0.3 is 6.09 Å². The van der Waals surface area contributed by atoms with E-state index in [2.05, 4.69) is 10.2 Å². The van der Waals surface area contributed by atoms with Gasteiger partial charge in [-0.1, -0.05) is 23.7 Å². The number of rotatable bonds is 6. The average Bonchev–Trinajstić information content (AvgIpc) is 3.02. The standard InChI is InChI=1S/C21H26ClFN2O3S/c1-25(2)18(14-5-4-6-15(23)11-14)13-7-9-16(10-8-13)24-21(26)28-17-12-29-20(22)19(17)27-3/h4-6,11-13,16,18H,7-10H2,1-3H3,(H,24,26). The third-order valence-electron chi connectivity index (χ3n) is 5.37. The number of nitrogens with one attached hydrogen (secondary N) is 1. The fourth-order valence-corrected chi connectivity index (χ4v) is 5.08. The first kappa shape index (κ1) is 21.9. The van der Waals surface area contributed by atoms with Crippen molar-refractivity contribution < 1.29 is 18.7 Å². The number of carbonyl (C=O) groups is 1. The van der Waals surface area contributed by atoms with E-state index in [1.54, 1.807) is 17.5 Å².